The lowest BCUT2D eigenvalue weighted by Gasteiger charge is -2.19. The first-order chi connectivity index (χ1) is 11.8. The van der Waals surface area contributed by atoms with Crippen LogP contribution in [0, 0.1) is 0 Å². The van der Waals surface area contributed by atoms with Gasteiger partial charge in [0.05, 0.1) is 32.0 Å². The van der Waals surface area contributed by atoms with Gasteiger partial charge in [0.2, 0.25) is 0 Å². The molecule has 2 aromatic rings. The van der Waals surface area contributed by atoms with E-state index in [1.54, 1.807) is 0 Å². The zero-order chi connectivity index (χ0) is 16.6. The van der Waals surface area contributed by atoms with Crippen LogP contribution in [0.5, 0.6) is 0 Å². The van der Waals surface area contributed by atoms with Gasteiger partial charge >= 0.3 is 0 Å². The van der Waals surface area contributed by atoms with Gasteiger partial charge in [-0.25, -0.2) is 0 Å². The molecule has 0 spiro atoms. The highest BCUT2D eigenvalue weighted by atomic mass is 16.6. The van der Waals surface area contributed by atoms with Crippen molar-refractivity contribution in [2.45, 2.75) is 37.9 Å². The summed E-state index contributed by atoms with van der Waals surface area (Å²) in [5.74, 6) is 0. The molecule has 1 heterocycles. The minimum absolute atomic E-state index is 0.0227. The second-order valence-electron chi connectivity index (χ2n) is 6.10. The Labute approximate surface area is 143 Å². The number of rotatable bonds is 8. The molecule has 0 bridgehead atoms. The predicted octanol–water partition coefficient (Wildman–Crippen LogP) is 2.90. The molecule has 3 atom stereocenters. The molecule has 3 rings (SSSR count). The highest BCUT2D eigenvalue weighted by molar-refractivity contribution is 5.14. The number of ether oxygens (including phenoxy) is 3. The highest BCUT2D eigenvalue weighted by Gasteiger charge is 2.35. The standard InChI is InChI=1S/C20H25NO3/c21-12-18-11-19(23-14-17-9-5-2-6-10-17)20(24-18)15-22-13-16-7-3-1-4-8-16/h1-10,18-20H,11-15,21H2/t18-,19+,20-/m1/s1. The topological polar surface area (TPSA) is 53.7 Å². The van der Waals surface area contributed by atoms with E-state index in [1.165, 1.54) is 0 Å². The van der Waals surface area contributed by atoms with E-state index in [9.17, 15) is 0 Å². The summed E-state index contributed by atoms with van der Waals surface area (Å²) < 4.78 is 17.9. The summed E-state index contributed by atoms with van der Waals surface area (Å²) in [6.07, 6.45) is 0.833. The Morgan fingerprint density at radius 2 is 1.54 bits per heavy atom. The van der Waals surface area contributed by atoms with Crippen LogP contribution in [-0.4, -0.2) is 31.5 Å². The quantitative estimate of drug-likeness (QED) is 0.810. The minimum Gasteiger partial charge on any atom is -0.374 e. The van der Waals surface area contributed by atoms with E-state index in [4.69, 9.17) is 19.9 Å². The zero-order valence-corrected chi connectivity index (χ0v) is 13.8. The third kappa shape index (κ3) is 4.89. The van der Waals surface area contributed by atoms with Crippen molar-refractivity contribution in [2.24, 2.45) is 5.73 Å². The third-order valence-corrected chi connectivity index (χ3v) is 4.24. The summed E-state index contributed by atoms with van der Waals surface area (Å²) in [5.41, 5.74) is 8.09. The summed E-state index contributed by atoms with van der Waals surface area (Å²) in [6, 6.07) is 20.3. The maximum Gasteiger partial charge on any atom is 0.107 e. The molecule has 0 aromatic heterocycles. The number of benzene rings is 2. The normalized spacial score (nSPS) is 23.5. The van der Waals surface area contributed by atoms with Crippen LogP contribution < -0.4 is 5.73 Å². The van der Waals surface area contributed by atoms with Crippen molar-refractivity contribution < 1.29 is 14.2 Å². The van der Waals surface area contributed by atoms with Gasteiger partial charge in [0, 0.05) is 13.0 Å². The fraction of sp³-hybridized carbons (Fsp3) is 0.400. The monoisotopic (exact) mass is 327 g/mol. The Balaban J connectivity index is 1.49. The lowest BCUT2D eigenvalue weighted by Crippen LogP contribution is -2.29. The first-order valence-corrected chi connectivity index (χ1v) is 8.48. The number of hydrogen-bond acceptors (Lipinski definition) is 4. The molecule has 0 radical (unpaired) electrons. The van der Waals surface area contributed by atoms with Crippen molar-refractivity contribution in [3.63, 3.8) is 0 Å². The Morgan fingerprint density at radius 1 is 0.917 bits per heavy atom. The summed E-state index contributed by atoms with van der Waals surface area (Å²) in [6.45, 7) is 2.20. The fourth-order valence-corrected chi connectivity index (χ4v) is 2.92. The molecule has 4 nitrogen and oxygen atoms in total. The number of hydrogen-bond donors (Lipinski definition) is 1. The van der Waals surface area contributed by atoms with Crippen LogP contribution in [0.15, 0.2) is 60.7 Å². The van der Waals surface area contributed by atoms with E-state index in [2.05, 4.69) is 24.3 Å². The van der Waals surface area contributed by atoms with Crippen molar-refractivity contribution in [2.75, 3.05) is 13.2 Å². The van der Waals surface area contributed by atoms with Gasteiger partial charge in [-0.2, -0.15) is 0 Å². The fourth-order valence-electron chi connectivity index (χ4n) is 2.92. The maximum atomic E-state index is 6.08. The molecule has 2 aromatic carbocycles. The molecular formula is C20H25NO3. The first-order valence-electron chi connectivity index (χ1n) is 8.48. The molecule has 1 aliphatic rings. The largest absolute Gasteiger partial charge is 0.374 e. The van der Waals surface area contributed by atoms with Crippen molar-refractivity contribution in [1.29, 1.82) is 0 Å². The van der Waals surface area contributed by atoms with Crippen molar-refractivity contribution in [3.05, 3.63) is 71.8 Å². The van der Waals surface area contributed by atoms with Gasteiger partial charge < -0.3 is 19.9 Å². The lowest BCUT2D eigenvalue weighted by molar-refractivity contribution is -0.0698. The van der Waals surface area contributed by atoms with E-state index >= 15 is 0 Å². The van der Waals surface area contributed by atoms with Gasteiger partial charge in [0.25, 0.3) is 0 Å². The molecule has 0 saturated carbocycles. The first kappa shape index (κ1) is 17.1. The second-order valence-corrected chi connectivity index (χ2v) is 6.10. The summed E-state index contributed by atoms with van der Waals surface area (Å²) >= 11 is 0. The van der Waals surface area contributed by atoms with E-state index in [1.807, 2.05) is 36.4 Å². The second kappa shape index (κ2) is 8.94. The van der Waals surface area contributed by atoms with E-state index < -0.39 is 0 Å². The van der Waals surface area contributed by atoms with E-state index in [0.29, 0.717) is 26.4 Å². The Kier molecular flexibility index (Phi) is 6.38. The number of nitrogens with two attached hydrogens (primary N) is 1. The van der Waals surface area contributed by atoms with E-state index in [0.717, 1.165) is 17.5 Å². The van der Waals surface area contributed by atoms with Crippen LogP contribution in [0.2, 0.25) is 0 Å². The summed E-state index contributed by atoms with van der Waals surface area (Å²) in [7, 11) is 0. The highest BCUT2D eigenvalue weighted by Crippen LogP contribution is 2.24. The maximum absolute atomic E-state index is 6.08. The van der Waals surface area contributed by atoms with Crippen LogP contribution >= 0.6 is 0 Å². The van der Waals surface area contributed by atoms with Crippen LogP contribution in [0.1, 0.15) is 17.5 Å². The van der Waals surface area contributed by atoms with Gasteiger partial charge in [0.1, 0.15) is 6.10 Å². The van der Waals surface area contributed by atoms with Crippen LogP contribution in [-0.2, 0) is 27.4 Å². The van der Waals surface area contributed by atoms with Gasteiger partial charge in [0.15, 0.2) is 0 Å². The summed E-state index contributed by atoms with van der Waals surface area (Å²) in [5, 5.41) is 0. The van der Waals surface area contributed by atoms with Gasteiger partial charge in [-0.1, -0.05) is 60.7 Å². The smallest absolute Gasteiger partial charge is 0.107 e. The predicted molar refractivity (Wildman–Crippen MR) is 93.4 cm³/mol. The van der Waals surface area contributed by atoms with Crippen molar-refractivity contribution >= 4 is 0 Å². The van der Waals surface area contributed by atoms with Crippen LogP contribution in [0.4, 0.5) is 0 Å². The molecular weight excluding hydrogens is 302 g/mol. The summed E-state index contributed by atoms with van der Waals surface area (Å²) in [4.78, 5) is 0. The average molecular weight is 327 g/mol. The zero-order valence-electron chi connectivity index (χ0n) is 13.8. The minimum atomic E-state index is -0.0639. The molecule has 0 amide bonds. The third-order valence-electron chi connectivity index (χ3n) is 4.24. The molecule has 0 unspecified atom stereocenters. The molecule has 2 N–H and O–H groups in total. The molecule has 1 saturated heterocycles. The molecule has 0 aliphatic carbocycles. The van der Waals surface area contributed by atoms with Crippen molar-refractivity contribution in [3.8, 4) is 0 Å². The van der Waals surface area contributed by atoms with E-state index in [-0.39, 0.29) is 18.3 Å². The van der Waals surface area contributed by atoms with Crippen molar-refractivity contribution in [1.82, 2.24) is 0 Å². The Bertz CT molecular complexity index is 590. The molecule has 1 fully saturated rings. The van der Waals surface area contributed by atoms with Gasteiger partial charge in [-0.15, -0.1) is 0 Å². The van der Waals surface area contributed by atoms with Crippen LogP contribution in [0.3, 0.4) is 0 Å². The van der Waals surface area contributed by atoms with Crippen LogP contribution in [0.25, 0.3) is 0 Å². The lowest BCUT2D eigenvalue weighted by atomic mass is 10.1. The SMILES string of the molecule is NC[C@H]1C[C@H](OCc2ccccc2)[C@@H](COCc2ccccc2)O1. The van der Waals surface area contributed by atoms with Gasteiger partial charge in [-0.3, -0.25) is 0 Å². The average Bonchev–Trinajstić information content (AvgIpc) is 3.04. The molecule has 128 valence electrons. The van der Waals surface area contributed by atoms with Gasteiger partial charge in [-0.05, 0) is 11.1 Å². The Hall–Kier alpha value is -1.72. The molecule has 4 heteroatoms. The Morgan fingerprint density at radius 3 is 2.17 bits per heavy atom. The molecule has 1 aliphatic heterocycles. The molecule has 24 heavy (non-hydrogen) atoms.